The topological polar surface area (TPSA) is 50.2 Å². The Morgan fingerprint density at radius 2 is 1.53 bits per heavy atom. The molecule has 34 heavy (non-hydrogen) atoms. The zero-order chi connectivity index (χ0) is 25.1. The third-order valence-electron chi connectivity index (χ3n) is 5.21. The number of hydrogen-bond acceptors (Lipinski definition) is 3. The second kappa shape index (κ2) is 11.3. The first-order valence-corrected chi connectivity index (χ1v) is 10.8. The summed E-state index contributed by atoms with van der Waals surface area (Å²) in [5.74, 6) is -1.64. The number of nitrogens with zero attached hydrogens (tertiary/aromatic N) is 1. The maximum Gasteiger partial charge on any atom is 0.164 e. The summed E-state index contributed by atoms with van der Waals surface area (Å²) in [6.07, 6.45) is 1.33. The van der Waals surface area contributed by atoms with Gasteiger partial charge in [0.2, 0.25) is 0 Å². The molecule has 0 saturated carbocycles. The number of rotatable bonds is 2. The zero-order valence-corrected chi connectivity index (χ0v) is 23.3. The summed E-state index contributed by atoms with van der Waals surface area (Å²) < 4.78 is 26.4. The van der Waals surface area contributed by atoms with E-state index in [0.29, 0.717) is 16.6 Å². The minimum Gasteiger partial charge on any atom is -0.512 e. The van der Waals surface area contributed by atoms with Crippen LogP contribution in [0.3, 0.4) is 0 Å². The fraction of sp³-hybridized carbons (Fsp3) is 0.357. The van der Waals surface area contributed by atoms with Crippen molar-refractivity contribution in [3.05, 3.63) is 77.1 Å². The number of ketones is 1. The monoisotopic (exact) mass is 645 g/mol. The molecule has 0 spiro atoms. The smallest absolute Gasteiger partial charge is 0.164 e. The van der Waals surface area contributed by atoms with Gasteiger partial charge in [0.15, 0.2) is 17.4 Å². The minimum absolute atomic E-state index is 0. The van der Waals surface area contributed by atoms with Gasteiger partial charge < -0.3 is 5.11 Å². The molecule has 6 heteroatoms. The number of pyridine rings is 1. The molecule has 3 aromatic rings. The Hall–Kier alpha value is -2.43. The third-order valence-corrected chi connectivity index (χ3v) is 5.21. The second-order valence-corrected chi connectivity index (χ2v) is 10.3. The molecule has 0 atom stereocenters. The van der Waals surface area contributed by atoms with Crippen LogP contribution >= 0.6 is 0 Å². The number of hydrogen-bond donors (Lipinski definition) is 1. The molecular formula is C28H32F2IrNO2-. The molecule has 1 N–H and O–H groups in total. The number of aryl methyl sites for hydroxylation is 2. The number of carbonyl (C=O) groups excluding carboxylic acids is 1. The van der Waals surface area contributed by atoms with Crippen LogP contribution in [0.1, 0.15) is 52.7 Å². The van der Waals surface area contributed by atoms with Crippen LogP contribution in [-0.2, 0) is 24.9 Å². The molecule has 0 aliphatic heterocycles. The maximum atomic E-state index is 13.3. The predicted molar refractivity (Wildman–Crippen MR) is 130 cm³/mol. The number of aliphatic hydroxyl groups is 1. The van der Waals surface area contributed by atoms with Gasteiger partial charge in [0.05, 0.1) is 5.52 Å². The van der Waals surface area contributed by atoms with Crippen molar-refractivity contribution in [1.82, 2.24) is 4.98 Å². The van der Waals surface area contributed by atoms with E-state index in [4.69, 9.17) is 0 Å². The van der Waals surface area contributed by atoms with Crippen molar-refractivity contribution in [1.29, 1.82) is 0 Å². The molecule has 2 aromatic carbocycles. The zero-order valence-electron chi connectivity index (χ0n) is 20.9. The summed E-state index contributed by atoms with van der Waals surface area (Å²) >= 11 is 0. The summed E-state index contributed by atoms with van der Waals surface area (Å²) in [5.41, 5.74) is 3.52. The van der Waals surface area contributed by atoms with Gasteiger partial charge in [-0.15, -0.1) is 34.9 Å². The van der Waals surface area contributed by atoms with Gasteiger partial charge in [0.1, 0.15) is 5.76 Å². The fourth-order valence-electron chi connectivity index (χ4n) is 2.64. The van der Waals surface area contributed by atoms with Crippen molar-refractivity contribution < 1.29 is 38.8 Å². The van der Waals surface area contributed by atoms with E-state index in [2.05, 4.69) is 11.1 Å². The molecule has 0 fully saturated rings. The van der Waals surface area contributed by atoms with E-state index in [1.54, 1.807) is 12.1 Å². The molecule has 1 aromatic heterocycles. The van der Waals surface area contributed by atoms with E-state index in [1.807, 2.05) is 67.5 Å². The van der Waals surface area contributed by atoms with Crippen molar-refractivity contribution >= 4 is 16.7 Å². The molecule has 1 heterocycles. The molecule has 0 amide bonds. The Balaban J connectivity index is 0.000000364. The first kappa shape index (κ1) is 29.6. The van der Waals surface area contributed by atoms with Crippen molar-refractivity contribution in [2.24, 2.45) is 10.8 Å². The van der Waals surface area contributed by atoms with Gasteiger partial charge in [-0.05, 0) is 11.8 Å². The van der Waals surface area contributed by atoms with Crippen molar-refractivity contribution in [2.75, 3.05) is 0 Å². The third kappa shape index (κ3) is 7.82. The van der Waals surface area contributed by atoms with Gasteiger partial charge in [0.25, 0.3) is 0 Å². The Labute approximate surface area is 214 Å². The van der Waals surface area contributed by atoms with E-state index in [0.717, 1.165) is 28.8 Å². The molecule has 0 aliphatic rings. The molecule has 3 rings (SSSR count). The van der Waals surface area contributed by atoms with Crippen LogP contribution in [-0.4, -0.2) is 15.9 Å². The number of allylic oxidation sites excluding steroid dienone is 2. The first-order valence-electron chi connectivity index (χ1n) is 10.8. The Morgan fingerprint density at radius 1 is 0.941 bits per heavy atom. The van der Waals surface area contributed by atoms with Gasteiger partial charge in [-0.25, -0.2) is 8.78 Å². The number of carbonyl (C=O) groups is 1. The molecule has 185 valence electrons. The molecule has 0 unspecified atom stereocenters. The van der Waals surface area contributed by atoms with Crippen LogP contribution in [0.4, 0.5) is 8.78 Å². The summed E-state index contributed by atoms with van der Waals surface area (Å²) in [6.45, 7) is 15.1. The number of fused-ring (bicyclic) bond motifs is 1. The van der Waals surface area contributed by atoms with Crippen LogP contribution in [0.15, 0.2) is 48.2 Å². The van der Waals surface area contributed by atoms with Gasteiger partial charge >= 0.3 is 0 Å². The molecule has 3 nitrogen and oxygen atoms in total. The molecule has 1 radical (unpaired) electrons. The standard InChI is InChI=1S/C17H12F2N.C11H20O2.Ir/c1-10-3-4-12(7-11(10)2)16-6-5-13-8-14(18)15(19)9-17(13)20-16;1-10(2,3)8(12)7-9(13)11(4,5)6;/h3,5-9H,1-2H3;7,12H,1-6H3;/q-1;;/b;8-7-;. The largest absolute Gasteiger partial charge is 0.512 e. The number of benzene rings is 2. The SMILES string of the molecule is CC(C)(C)C(=O)/C=C(\O)C(C)(C)C.Cc1c[c-]c(-c2ccc3cc(F)c(F)cc3n2)cc1C.[Ir]. The van der Waals surface area contributed by atoms with E-state index < -0.39 is 17.0 Å². The predicted octanol–water partition coefficient (Wildman–Crippen LogP) is 7.68. The number of halogens is 2. The van der Waals surface area contributed by atoms with Crippen molar-refractivity contribution in [3.63, 3.8) is 0 Å². The quantitative estimate of drug-likeness (QED) is 0.177. The van der Waals surface area contributed by atoms with Crippen molar-refractivity contribution in [2.45, 2.75) is 55.4 Å². The molecular weight excluding hydrogens is 613 g/mol. The van der Waals surface area contributed by atoms with E-state index in [1.165, 1.54) is 6.08 Å². The first-order chi connectivity index (χ1) is 15.1. The van der Waals surface area contributed by atoms with Gasteiger partial charge in [0, 0.05) is 48.5 Å². The van der Waals surface area contributed by atoms with Crippen LogP contribution in [0.5, 0.6) is 0 Å². The summed E-state index contributed by atoms with van der Waals surface area (Å²) in [4.78, 5) is 15.9. The van der Waals surface area contributed by atoms with E-state index in [-0.39, 0.29) is 37.1 Å². The Kier molecular flexibility index (Phi) is 9.86. The minimum atomic E-state index is -0.883. The summed E-state index contributed by atoms with van der Waals surface area (Å²) in [5, 5.41) is 10.1. The van der Waals surface area contributed by atoms with Crippen LogP contribution in [0.2, 0.25) is 0 Å². The van der Waals surface area contributed by atoms with Gasteiger partial charge in [-0.3, -0.25) is 9.78 Å². The maximum absolute atomic E-state index is 13.3. The van der Waals surface area contributed by atoms with Crippen LogP contribution in [0, 0.1) is 42.4 Å². The number of aliphatic hydroxyl groups excluding tert-OH is 1. The van der Waals surface area contributed by atoms with Crippen molar-refractivity contribution in [3.8, 4) is 11.3 Å². The van der Waals surface area contributed by atoms with Gasteiger partial charge in [-0.2, -0.15) is 0 Å². The van der Waals surface area contributed by atoms with Gasteiger partial charge in [-0.1, -0.05) is 67.5 Å². The Bertz CT molecular complexity index is 1210. The number of aromatic nitrogens is 1. The summed E-state index contributed by atoms with van der Waals surface area (Å²) in [6, 6.07) is 12.9. The fourth-order valence-corrected chi connectivity index (χ4v) is 2.64. The normalized spacial score (nSPS) is 12.0. The average Bonchev–Trinajstić information content (AvgIpc) is 2.69. The van der Waals surface area contributed by atoms with Crippen LogP contribution < -0.4 is 0 Å². The summed E-state index contributed by atoms with van der Waals surface area (Å²) in [7, 11) is 0. The Morgan fingerprint density at radius 3 is 2.06 bits per heavy atom. The average molecular weight is 645 g/mol. The molecule has 0 aliphatic carbocycles. The molecule has 0 saturated heterocycles. The van der Waals surface area contributed by atoms with Crippen LogP contribution in [0.25, 0.3) is 22.2 Å². The molecule has 0 bridgehead atoms. The van der Waals surface area contributed by atoms with E-state index in [9.17, 15) is 18.7 Å². The second-order valence-electron chi connectivity index (χ2n) is 10.3. The van der Waals surface area contributed by atoms with E-state index >= 15 is 0 Å².